The van der Waals surface area contributed by atoms with Gasteiger partial charge in [-0.3, -0.25) is 0 Å². The van der Waals surface area contributed by atoms with Gasteiger partial charge in [-0.25, -0.2) is 15.0 Å². The molecule has 0 unspecified atom stereocenters. The molecular weight excluding hydrogens is 631 g/mol. The first kappa shape index (κ1) is 29.9. The van der Waals surface area contributed by atoms with E-state index in [4.69, 9.17) is 15.0 Å². The molecule has 0 spiro atoms. The third kappa shape index (κ3) is 5.46. The lowest BCUT2D eigenvalue weighted by molar-refractivity contribution is 1.08. The molecule has 0 atom stereocenters. The standard InChI is InChI=1S/C49H31N3/c1-2-11-34(12-3-1)45-16-8-15-41-28-40(25-26-46(41)45)37-19-20-39-31-44(24-21-38(39)27-37)49-51-47(42-22-17-32-9-4-6-13-35(32)29-42)50-48(52-49)43-23-18-33-10-5-7-14-36(33)30-43/h1-31H. The topological polar surface area (TPSA) is 38.7 Å². The van der Waals surface area contributed by atoms with Crippen molar-refractivity contribution in [2.75, 3.05) is 0 Å². The van der Waals surface area contributed by atoms with Crippen LogP contribution < -0.4 is 0 Å². The average Bonchev–Trinajstić information content (AvgIpc) is 3.22. The van der Waals surface area contributed by atoms with Crippen LogP contribution in [0.15, 0.2) is 188 Å². The van der Waals surface area contributed by atoms with Gasteiger partial charge in [0.2, 0.25) is 0 Å². The Kier molecular flexibility index (Phi) is 7.14. The molecule has 3 heteroatoms. The zero-order chi connectivity index (χ0) is 34.4. The summed E-state index contributed by atoms with van der Waals surface area (Å²) in [6.07, 6.45) is 0. The highest BCUT2D eigenvalue weighted by Gasteiger charge is 2.14. The van der Waals surface area contributed by atoms with Gasteiger partial charge in [-0.1, -0.05) is 158 Å². The van der Waals surface area contributed by atoms with Crippen LogP contribution >= 0.6 is 0 Å². The van der Waals surface area contributed by atoms with Gasteiger partial charge in [-0.05, 0) is 95.7 Å². The summed E-state index contributed by atoms with van der Waals surface area (Å²) < 4.78 is 0. The van der Waals surface area contributed by atoms with Crippen LogP contribution in [-0.2, 0) is 0 Å². The lowest BCUT2D eigenvalue weighted by atomic mass is 9.94. The van der Waals surface area contributed by atoms with Crippen molar-refractivity contribution in [3.05, 3.63) is 188 Å². The molecule has 0 amide bonds. The normalized spacial score (nSPS) is 11.5. The lowest BCUT2D eigenvalue weighted by Crippen LogP contribution is -2.00. The van der Waals surface area contributed by atoms with Crippen LogP contribution in [0.2, 0.25) is 0 Å². The molecule has 0 bridgehead atoms. The summed E-state index contributed by atoms with van der Waals surface area (Å²) in [5.41, 5.74) is 7.73. The van der Waals surface area contributed by atoms with Crippen LogP contribution in [-0.4, -0.2) is 15.0 Å². The summed E-state index contributed by atoms with van der Waals surface area (Å²) in [7, 11) is 0. The molecular formula is C49H31N3. The highest BCUT2D eigenvalue weighted by molar-refractivity contribution is 5.99. The van der Waals surface area contributed by atoms with E-state index in [9.17, 15) is 0 Å². The van der Waals surface area contributed by atoms with Crippen LogP contribution in [0.25, 0.3) is 99.5 Å². The van der Waals surface area contributed by atoms with Gasteiger partial charge in [0.05, 0.1) is 0 Å². The molecule has 0 fully saturated rings. The van der Waals surface area contributed by atoms with Gasteiger partial charge in [0, 0.05) is 16.7 Å². The van der Waals surface area contributed by atoms with Crippen molar-refractivity contribution in [3.8, 4) is 56.4 Å². The highest BCUT2D eigenvalue weighted by Crippen LogP contribution is 2.34. The van der Waals surface area contributed by atoms with Crippen LogP contribution in [0.4, 0.5) is 0 Å². The first-order valence-electron chi connectivity index (χ1n) is 17.6. The third-order valence-electron chi connectivity index (χ3n) is 10.0. The second kappa shape index (κ2) is 12.4. The number of fused-ring (bicyclic) bond motifs is 4. The van der Waals surface area contributed by atoms with Crippen LogP contribution in [0.5, 0.6) is 0 Å². The summed E-state index contributed by atoms with van der Waals surface area (Å²) in [6.45, 7) is 0. The van der Waals surface area contributed by atoms with Gasteiger partial charge in [0.1, 0.15) is 0 Å². The van der Waals surface area contributed by atoms with Crippen molar-refractivity contribution < 1.29 is 0 Å². The minimum atomic E-state index is 0.649. The SMILES string of the molecule is c1ccc(-c2cccc3cc(-c4ccc5cc(-c6nc(-c7ccc8ccccc8c7)nc(-c7ccc8ccccc8c7)n6)ccc5c4)ccc23)cc1. The largest absolute Gasteiger partial charge is 0.208 e. The van der Waals surface area contributed by atoms with E-state index in [2.05, 4.69) is 188 Å². The maximum absolute atomic E-state index is 5.08. The monoisotopic (exact) mass is 661 g/mol. The van der Waals surface area contributed by atoms with Crippen molar-refractivity contribution in [1.29, 1.82) is 0 Å². The van der Waals surface area contributed by atoms with Crippen molar-refractivity contribution in [3.63, 3.8) is 0 Å². The molecule has 0 N–H and O–H groups in total. The maximum Gasteiger partial charge on any atom is 0.164 e. The fraction of sp³-hybridized carbons (Fsp3) is 0. The van der Waals surface area contributed by atoms with Crippen LogP contribution in [0.1, 0.15) is 0 Å². The molecule has 10 rings (SSSR count). The Morgan fingerprint density at radius 2 is 0.615 bits per heavy atom. The Hall–Kier alpha value is -6.97. The average molecular weight is 662 g/mol. The maximum atomic E-state index is 5.08. The molecule has 0 aliphatic rings. The summed E-state index contributed by atoms with van der Waals surface area (Å²) >= 11 is 0. The van der Waals surface area contributed by atoms with E-state index in [1.54, 1.807) is 0 Å². The number of aromatic nitrogens is 3. The molecule has 0 radical (unpaired) electrons. The molecule has 3 nitrogen and oxygen atoms in total. The predicted molar refractivity (Wildman–Crippen MR) is 217 cm³/mol. The van der Waals surface area contributed by atoms with E-state index in [0.717, 1.165) is 38.2 Å². The second-order valence-electron chi connectivity index (χ2n) is 13.3. The van der Waals surface area contributed by atoms with Crippen molar-refractivity contribution >= 4 is 43.1 Å². The Bertz CT molecular complexity index is 2870. The number of nitrogens with zero attached hydrogens (tertiary/aromatic N) is 3. The summed E-state index contributed by atoms with van der Waals surface area (Å²) in [5.74, 6) is 1.96. The molecule has 9 aromatic carbocycles. The molecule has 52 heavy (non-hydrogen) atoms. The fourth-order valence-corrected chi connectivity index (χ4v) is 7.32. The summed E-state index contributed by atoms with van der Waals surface area (Å²) in [6, 6.07) is 66.7. The number of hydrogen-bond acceptors (Lipinski definition) is 3. The molecule has 242 valence electrons. The van der Waals surface area contributed by atoms with E-state index in [1.165, 1.54) is 43.8 Å². The van der Waals surface area contributed by atoms with Crippen LogP contribution in [0, 0.1) is 0 Å². The van der Waals surface area contributed by atoms with Gasteiger partial charge in [-0.15, -0.1) is 0 Å². The van der Waals surface area contributed by atoms with E-state index in [0.29, 0.717) is 17.5 Å². The van der Waals surface area contributed by atoms with E-state index in [1.807, 2.05) is 0 Å². The summed E-state index contributed by atoms with van der Waals surface area (Å²) in [5, 5.41) is 9.46. The second-order valence-corrected chi connectivity index (χ2v) is 13.3. The van der Waals surface area contributed by atoms with Crippen molar-refractivity contribution in [2.45, 2.75) is 0 Å². The minimum absolute atomic E-state index is 0.649. The van der Waals surface area contributed by atoms with Crippen LogP contribution in [0.3, 0.4) is 0 Å². The van der Waals surface area contributed by atoms with Crippen molar-refractivity contribution in [1.82, 2.24) is 15.0 Å². The third-order valence-corrected chi connectivity index (χ3v) is 10.0. The van der Waals surface area contributed by atoms with Gasteiger partial charge >= 0.3 is 0 Å². The van der Waals surface area contributed by atoms with Gasteiger partial charge in [0.15, 0.2) is 17.5 Å². The smallest absolute Gasteiger partial charge is 0.164 e. The quantitative estimate of drug-likeness (QED) is 0.184. The molecule has 1 aromatic heterocycles. The molecule has 0 saturated heterocycles. The van der Waals surface area contributed by atoms with Gasteiger partial charge in [-0.2, -0.15) is 0 Å². The fourth-order valence-electron chi connectivity index (χ4n) is 7.32. The molecule has 0 saturated carbocycles. The van der Waals surface area contributed by atoms with E-state index in [-0.39, 0.29) is 0 Å². The molecule has 1 heterocycles. The molecule has 10 aromatic rings. The zero-order valence-corrected chi connectivity index (χ0v) is 28.2. The highest BCUT2D eigenvalue weighted by atomic mass is 15.0. The zero-order valence-electron chi connectivity index (χ0n) is 28.2. The first-order chi connectivity index (χ1) is 25.7. The molecule has 0 aliphatic carbocycles. The number of hydrogen-bond donors (Lipinski definition) is 0. The Morgan fingerprint density at radius 1 is 0.231 bits per heavy atom. The minimum Gasteiger partial charge on any atom is -0.208 e. The van der Waals surface area contributed by atoms with Gasteiger partial charge in [0.25, 0.3) is 0 Å². The predicted octanol–water partition coefficient (Wildman–Crippen LogP) is 12.8. The van der Waals surface area contributed by atoms with E-state index < -0.39 is 0 Å². The first-order valence-corrected chi connectivity index (χ1v) is 17.6. The Labute approximate surface area is 301 Å². The van der Waals surface area contributed by atoms with E-state index >= 15 is 0 Å². The summed E-state index contributed by atoms with van der Waals surface area (Å²) in [4.78, 5) is 15.2. The Balaban J connectivity index is 1.05. The lowest BCUT2D eigenvalue weighted by Gasteiger charge is -2.11. The number of rotatable bonds is 5. The number of benzene rings is 9. The Morgan fingerprint density at radius 3 is 1.17 bits per heavy atom. The molecule has 0 aliphatic heterocycles. The van der Waals surface area contributed by atoms with Crippen molar-refractivity contribution in [2.24, 2.45) is 0 Å². The van der Waals surface area contributed by atoms with Gasteiger partial charge < -0.3 is 0 Å².